The molecule has 0 atom stereocenters. The van der Waals surface area contributed by atoms with Crippen LogP contribution in [-0.2, 0) is 9.53 Å². The fourth-order valence-electron chi connectivity index (χ4n) is 1.70. The highest BCUT2D eigenvalue weighted by molar-refractivity contribution is 5.96. The van der Waals surface area contributed by atoms with Gasteiger partial charge in [-0.05, 0) is 12.5 Å². The van der Waals surface area contributed by atoms with Gasteiger partial charge in [-0.1, -0.05) is 18.8 Å². The topological polar surface area (TPSA) is 85.5 Å². The Kier molecular flexibility index (Phi) is 6.92. The summed E-state index contributed by atoms with van der Waals surface area (Å²) in [6, 6.07) is 1.64. The summed E-state index contributed by atoms with van der Waals surface area (Å²) in [7, 11) is 1.29. The van der Waals surface area contributed by atoms with Gasteiger partial charge in [0, 0.05) is 24.5 Å². The fourth-order valence-corrected chi connectivity index (χ4v) is 1.70. The minimum absolute atomic E-state index is 0.0815. The molecule has 1 amide bonds. The normalized spacial score (nSPS) is 9.48. The number of nitrogens with two attached hydrogens (primary N) is 1. The number of hydrogen-bond donors (Lipinski definition) is 1. The van der Waals surface area contributed by atoms with Gasteiger partial charge in [0.1, 0.15) is 6.54 Å². The molecular weight excluding hydrogens is 270 g/mol. The van der Waals surface area contributed by atoms with Gasteiger partial charge in [-0.25, -0.2) is 0 Å². The standard InChI is InChI=1S/C15H19N3O3/c1-3-7-18(11-14(19)21-2)15(20)13-8-12(5-4-6-16)9-17-10-13/h8-10H,3,6-7,11,16H2,1-2H3. The first-order valence-electron chi connectivity index (χ1n) is 6.62. The average molecular weight is 289 g/mol. The summed E-state index contributed by atoms with van der Waals surface area (Å²) in [6.07, 6.45) is 3.75. The largest absolute Gasteiger partial charge is 0.468 e. The van der Waals surface area contributed by atoms with Crippen LogP contribution in [-0.4, -0.2) is 48.5 Å². The Balaban J connectivity index is 2.94. The third kappa shape index (κ3) is 5.24. The number of methoxy groups -OCH3 is 1. The summed E-state index contributed by atoms with van der Waals surface area (Å²) in [5.74, 6) is 4.80. The number of aromatic nitrogens is 1. The van der Waals surface area contributed by atoms with Crippen molar-refractivity contribution in [3.8, 4) is 11.8 Å². The van der Waals surface area contributed by atoms with Gasteiger partial charge in [-0.15, -0.1) is 0 Å². The maximum Gasteiger partial charge on any atom is 0.325 e. The Morgan fingerprint density at radius 3 is 2.81 bits per heavy atom. The lowest BCUT2D eigenvalue weighted by atomic mass is 10.2. The number of carbonyl (C=O) groups is 2. The van der Waals surface area contributed by atoms with E-state index in [2.05, 4.69) is 21.6 Å². The Bertz CT molecular complexity index is 561. The maximum atomic E-state index is 12.4. The number of carbonyl (C=O) groups excluding carboxylic acids is 2. The van der Waals surface area contributed by atoms with E-state index in [9.17, 15) is 9.59 Å². The molecule has 0 fully saturated rings. The lowest BCUT2D eigenvalue weighted by Gasteiger charge is -2.20. The van der Waals surface area contributed by atoms with E-state index in [1.807, 2.05) is 6.92 Å². The van der Waals surface area contributed by atoms with Gasteiger partial charge in [0.2, 0.25) is 0 Å². The van der Waals surface area contributed by atoms with E-state index in [0.717, 1.165) is 6.42 Å². The zero-order chi connectivity index (χ0) is 15.7. The smallest absolute Gasteiger partial charge is 0.325 e. The second-order valence-corrected chi connectivity index (χ2v) is 4.27. The third-order valence-electron chi connectivity index (χ3n) is 2.65. The van der Waals surface area contributed by atoms with Crippen molar-refractivity contribution in [3.63, 3.8) is 0 Å². The van der Waals surface area contributed by atoms with Crippen molar-refractivity contribution >= 4 is 11.9 Å². The molecule has 0 saturated heterocycles. The molecule has 0 aliphatic carbocycles. The minimum Gasteiger partial charge on any atom is -0.468 e. The van der Waals surface area contributed by atoms with E-state index in [-0.39, 0.29) is 19.0 Å². The first-order valence-corrected chi connectivity index (χ1v) is 6.62. The monoisotopic (exact) mass is 289 g/mol. The fraction of sp³-hybridized carbons (Fsp3) is 0.400. The predicted molar refractivity (Wildman–Crippen MR) is 78.4 cm³/mol. The molecule has 0 radical (unpaired) electrons. The Morgan fingerprint density at radius 1 is 1.43 bits per heavy atom. The molecule has 6 heteroatoms. The summed E-state index contributed by atoms with van der Waals surface area (Å²) >= 11 is 0. The molecule has 1 aromatic rings. The van der Waals surface area contributed by atoms with Crippen molar-refractivity contribution in [2.45, 2.75) is 13.3 Å². The van der Waals surface area contributed by atoms with Crippen molar-refractivity contribution in [2.75, 3.05) is 26.7 Å². The summed E-state index contributed by atoms with van der Waals surface area (Å²) in [4.78, 5) is 29.2. The minimum atomic E-state index is -0.455. The van der Waals surface area contributed by atoms with Crippen molar-refractivity contribution in [1.82, 2.24) is 9.88 Å². The third-order valence-corrected chi connectivity index (χ3v) is 2.65. The second-order valence-electron chi connectivity index (χ2n) is 4.27. The van der Waals surface area contributed by atoms with E-state index >= 15 is 0 Å². The van der Waals surface area contributed by atoms with Crippen molar-refractivity contribution < 1.29 is 14.3 Å². The molecule has 1 rings (SSSR count). The molecule has 2 N–H and O–H groups in total. The highest BCUT2D eigenvalue weighted by Crippen LogP contribution is 2.07. The SMILES string of the molecule is CCCN(CC(=O)OC)C(=O)c1cncc(C#CCN)c1. The van der Waals surface area contributed by atoms with E-state index < -0.39 is 5.97 Å². The Labute approximate surface area is 124 Å². The summed E-state index contributed by atoms with van der Waals surface area (Å²) in [5.41, 5.74) is 6.31. The highest BCUT2D eigenvalue weighted by Gasteiger charge is 2.18. The van der Waals surface area contributed by atoms with Crippen LogP contribution in [0.3, 0.4) is 0 Å². The molecule has 0 aliphatic rings. The number of ether oxygens (including phenoxy) is 1. The van der Waals surface area contributed by atoms with E-state index in [0.29, 0.717) is 17.7 Å². The maximum absolute atomic E-state index is 12.4. The van der Waals surface area contributed by atoms with Crippen molar-refractivity contribution in [3.05, 3.63) is 29.6 Å². The van der Waals surface area contributed by atoms with E-state index in [1.54, 1.807) is 12.3 Å². The van der Waals surface area contributed by atoms with Crippen LogP contribution >= 0.6 is 0 Å². The Morgan fingerprint density at radius 2 is 2.19 bits per heavy atom. The summed E-state index contributed by atoms with van der Waals surface area (Å²) < 4.78 is 4.61. The van der Waals surface area contributed by atoms with Crippen LogP contribution in [0.1, 0.15) is 29.3 Å². The van der Waals surface area contributed by atoms with Crippen LogP contribution in [0, 0.1) is 11.8 Å². The van der Waals surface area contributed by atoms with Crippen LogP contribution in [0.25, 0.3) is 0 Å². The molecule has 0 bridgehead atoms. The predicted octanol–water partition coefficient (Wildman–Crippen LogP) is 0.417. The molecule has 0 spiro atoms. The lowest BCUT2D eigenvalue weighted by Crippen LogP contribution is -2.36. The average Bonchev–Trinajstić information content (AvgIpc) is 2.51. The molecule has 0 aromatic carbocycles. The van der Waals surface area contributed by atoms with Gasteiger partial charge >= 0.3 is 5.97 Å². The van der Waals surface area contributed by atoms with Crippen LogP contribution in [0.5, 0.6) is 0 Å². The molecule has 1 heterocycles. The zero-order valence-corrected chi connectivity index (χ0v) is 12.3. The number of esters is 1. The van der Waals surface area contributed by atoms with Gasteiger partial charge in [-0.3, -0.25) is 14.6 Å². The van der Waals surface area contributed by atoms with Crippen molar-refractivity contribution in [2.24, 2.45) is 5.73 Å². The van der Waals surface area contributed by atoms with Crippen LogP contribution in [0.15, 0.2) is 18.5 Å². The van der Waals surface area contributed by atoms with Gasteiger partial charge in [-0.2, -0.15) is 0 Å². The molecule has 112 valence electrons. The van der Waals surface area contributed by atoms with Crippen LogP contribution in [0.4, 0.5) is 0 Å². The van der Waals surface area contributed by atoms with Crippen LogP contribution < -0.4 is 5.73 Å². The van der Waals surface area contributed by atoms with E-state index in [4.69, 9.17) is 5.73 Å². The summed E-state index contributed by atoms with van der Waals surface area (Å²) in [5, 5.41) is 0. The van der Waals surface area contributed by atoms with E-state index in [1.165, 1.54) is 18.2 Å². The van der Waals surface area contributed by atoms with Gasteiger partial charge in [0.15, 0.2) is 0 Å². The van der Waals surface area contributed by atoms with Crippen LogP contribution in [0.2, 0.25) is 0 Å². The Hall–Kier alpha value is -2.39. The number of nitrogens with zero attached hydrogens (tertiary/aromatic N) is 2. The summed E-state index contributed by atoms with van der Waals surface area (Å²) in [6.45, 7) is 2.55. The first-order chi connectivity index (χ1) is 10.1. The number of rotatable bonds is 5. The van der Waals surface area contributed by atoms with Crippen molar-refractivity contribution in [1.29, 1.82) is 0 Å². The molecule has 0 saturated carbocycles. The zero-order valence-electron chi connectivity index (χ0n) is 12.3. The van der Waals surface area contributed by atoms with Gasteiger partial charge in [0.25, 0.3) is 5.91 Å². The van der Waals surface area contributed by atoms with Gasteiger partial charge < -0.3 is 15.4 Å². The van der Waals surface area contributed by atoms with Gasteiger partial charge in [0.05, 0.1) is 19.2 Å². The molecular formula is C15H19N3O3. The molecule has 21 heavy (non-hydrogen) atoms. The second kappa shape index (κ2) is 8.72. The molecule has 6 nitrogen and oxygen atoms in total. The molecule has 1 aromatic heterocycles. The lowest BCUT2D eigenvalue weighted by molar-refractivity contribution is -0.141. The number of pyridine rings is 1. The number of hydrogen-bond acceptors (Lipinski definition) is 5. The molecule has 0 unspecified atom stereocenters. The quantitative estimate of drug-likeness (QED) is 0.627. The number of amides is 1. The molecule has 0 aliphatic heterocycles. The first kappa shape index (κ1) is 16.7. The highest BCUT2D eigenvalue weighted by atomic mass is 16.5.